The first kappa shape index (κ1) is 42.7. The van der Waals surface area contributed by atoms with E-state index < -0.39 is 29.7 Å². The first-order chi connectivity index (χ1) is 25.4. The van der Waals surface area contributed by atoms with Gasteiger partial charge in [-0.3, -0.25) is 38.9 Å². The van der Waals surface area contributed by atoms with Gasteiger partial charge in [-0.25, -0.2) is 10.2 Å². The molecule has 2 amide bonds. The van der Waals surface area contributed by atoms with Crippen LogP contribution in [0.1, 0.15) is 57.9 Å². The van der Waals surface area contributed by atoms with E-state index in [1.54, 1.807) is 90.6 Å². The zero-order chi connectivity index (χ0) is 40.3. The van der Waals surface area contributed by atoms with Gasteiger partial charge < -0.3 is 24.4 Å². The molecule has 0 aliphatic rings. The number of aliphatic hydroxyl groups is 1. The van der Waals surface area contributed by atoms with Gasteiger partial charge in [-0.15, -0.1) is 0 Å². The normalized spacial score (nSPS) is 12.0. The predicted molar refractivity (Wildman–Crippen MR) is 201 cm³/mol. The van der Waals surface area contributed by atoms with E-state index in [-0.39, 0.29) is 34.7 Å². The fraction of sp³-hybridized carbons (Fsp3) is 0.278. The molecule has 0 bridgehead atoms. The zero-order valence-corrected chi connectivity index (χ0v) is 31.9. The Kier molecular flexibility index (Phi) is 14.9. The number of nitro benzene ring substituents is 2. The van der Waals surface area contributed by atoms with Crippen molar-refractivity contribution in [2.45, 2.75) is 26.1 Å². The van der Waals surface area contributed by atoms with Crippen molar-refractivity contribution in [3.8, 4) is 23.0 Å². The molecule has 17 nitrogen and oxygen atoms in total. The van der Waals surface area contributed by atoms with Crippen LogP contribution in [-0.2, 0) is 9.09 Å². The number of nitrogens with zero attached hydrogens (tertiary/aromatic N) is 4. The molecule has 0 saturated carbocycles. The summed E-state index contributed by atoms with van der Waals surface area (Å²) in [5, 5.41) is 37.3. The highest BCUT2D eigenvalue weighted by atomic mass is 31.2. The standard InChI is InChI=1S/C19H25N4O6P.C17H18N2O5/c1-13(29-30(27,20-2)21-3)15-8-11-17(23(25)26)18(12-15)28-16-9-6-14(7-10-16)19(24)22(4)5;1-11(20)13-6-9-15(19(22)23)16(10-13)24-14-7-4-12(5-8-14)17(21)18(2)3/h6-13H,1-5H3,(H2,20,21,27);4-11,20H,1-3H3. The number of nitrogens with one attached hydrogen (secondary N) is 2. The molecule has 18 heteroatoms. The van der Waals surface area contributed by atoms with Gasteiger partial charge >= 0.3 is 19.0 Å². The van der Waals surface area contributed by atoms with Gasteiger partial charge in [-0.2, -0.15) is 0 Å². The molecule has 4 aromatic carbocycles. The van der Waals surface area contributed by atoms with Gasteiger partial charge in [-0.1, -0.05) is 0 Å². The van der Waals surface area contributed by atoms with E-state index in [9.17, 15) is 39.5 Å². The van der Waals surface area contributed by atoms with E-state index in [1.165, 1.54) is 60.3 Å². The summed E-state index contributed by atoms with van der Waals surface area (Å²) in [4.78, 5) is 48.2. The van der Waals surface area contributed by atoms with Crippen LogP contribution >= 0.6 is 7.67 Å². The lowest BCUT2D eigenvalue weighted by Crippen LogP contribution is -2.21. The minimum Gasteiger partial charge on any atom is -0.450 e. The third-order valence-corrected chi connectivity index (χ3v) is 9.47. The maximum atomic E-state index is 12.4. The summed E-state index contributed by atoms with van der Waals surface area (Å²) in [6, 6.07) is 21.1. The quantitative estimate of drug-likeness (QED) is 0.0680. The number of amides is 2. The molecule has 0 aromatic heterocycles. The Bertz CT molecular complexity index is 2000. The molecule has 2 atom stereocenters. The average molecular weight is 767 g/mol. The van der Waals surface area contributed by atoms with Gasteiger partial charge in [0.25, 0.3) is 11.8 Å². The zero-order valence-electron chi connectivity index (χ0n) is 31.0. The van der Waals surface area contributed by atoms with Crippen LogP contribution < -0.4 is 19.6 Å². The Hall–Kier alpha value is -5.71. The van der Waals surface area contributed by atoms with Crippen LogP contribution in [-0.4, -0.2) is 78.9 Å². The number of hydrogen-bond donors (Lipinski definition) is 3. The molecule has 0 radical (unpaired) electrons. The van der Waals surface area contributed by atoms with Crippen molar-refractivity contribution in [2.75, 3.05) is 42.3 Å². The number of benzene rings is 4. The van der Waals surface area contributed by atoms with Crippen LogP contribution in [0.2, 0.25) is 0 Å². The van der Waals surface area contributed by atoms with Crippen molar-refractivity contribution < 1.29 is 43.1 Å². The fourth-order valence-corrected chi connectivity index (χ4v) is 5.64. The van der Waals surface area contributed by atoms with Crippen LogP contribution in [0.15, 0.2) is 84.9 Å². The highest BCUT2D eigenvalue weighted by Gasteiger charge is 2.25. The number of nitro groups is 2. The van der Waals surface area contributed by atoms with Gasteiger partial charge in [0.15, 0.2) is 0 Å². The van der Waals surface area contributed by atoms with E-state index in [2.05, 4.69) is 10.2 Å². The molecule has 4 rings (SSSR count). The van der Waals surface area contributed by atoms with Crippen molar-refractivity contribution >= 4 is 30.9 Å². The SMILES string of the molecule is CC(O)c1ccc([N+](=O)[O-])c(Oc2ccc(C(=O)N(C)C)cc2)c1.CNP(=O)(NC)OC(C)c1ccc([N+](=O)[O-])c(Oc2ccc(C(=O)N(C)C)cc2)c1. The Balaban J connectivity index is 0.000000297. The summed E-state index contributed by atoms with van der Waals surface area (Å²) >= 11 is 0. The maximum absolute atomic E-state index is 12.4. The molecule has 2 unspecified atom stereocenters. The molecular formula is C36H43N6O11P. The van der Waals surface area contributed by atoms with Crippen molar-refractivity contribution in [3.63, 3.8) is 0 Å². The van der Waals surface area contributed by atoms with Gasteiger partial charge in [0, 0.05) is 51.5 Å². The second-order valence-electron chi connectivity index (χ2n) is 12.0. The van der Waals surface area contributed by atoms with E-state index in [0.29, 0.717) is 33.8 Å². The van der Waals surface area contributed by atoms with E-state index in [0.717, 1.165) is 0 Å². The Morgan fingerprint density at radius 1 is 0.685 bits per heavy atom. The summed E-state index contributed by atoms with van der Waals surface area (Å²) in [7, 11) is 6.34. The third-order valence-electron chi connectivity index (χ3n) is 7.68. The van der Waals surface area contributed by atoms with Crippen LogP contribution in [0.4, 0.5) is 11.4 Å². The van der Waals surface area contributed by atoms with Crippen molar-refractivity contribution in [1.29, 1.82) is 0 Å². The third kappa shape index (κ3) is 11.4. The molecule has 0 heterocycles. The van der Waals surface area contributed by atoms with Gasteiger partial charge in [0.1, 0.15) is 11.5 Å². The average Bonchev–Trinajstić information content (AvgIpc) is 3.14. The molecule has 3 N–H and O–H groups in total. The van der Waals surface area contributed by atoms with Crippen LogP contribution in [0, 0.1) is 20.2 Å². The summed E-state index contributed by atoms with van der Waals surface area (Å²) in [6.07, 6.45) is -1.41. The first-order valence-electron chi connectivity index (χ1n) is 16.3. The number of rotatable bonds is 14. The largest absolute Gasteiger partial charge is 0.450 e. The lowest BCUT2D eigenvalue weighted by atomic mass is 10.1. The van der Waals surface area contributed by atoms with Crippen molar-refractivity contribution in [1.82, 2.24) is 20.0 Å². The molecule has 0 fully saturated rings. The highest BCUT2D eigenvalue weighted by Crippen LogP contribution is 2.43. The summed E-state index contributed by atoms with van der Waals surface area (Å²) in [5.74, 6) is 0.405. The predicted octanol–water partition coefficient (Wildman–Crippen LogP) is 6.86. The number of ether oxygens (including phenoxy) is 2. The van der Waals surface area contributed by atoms with Gasteiger partial charge in [0.2, 0.25) is 11.5 Å². The summed E-state index contributed by atoms with van der Waals surface area (Å²) in [6.45, 7) is 3.24. The number of carbonyl (C=O) groups is 2. The molecule has 0 spiro atoms. The smallest absolute Gasteiger partial charge is 0.340 e. The topological polar surface area (TPSA) is 216 Å². The van der Waals surface area contributed by atoms with E-state index >= 15 is 0 Å². The van der Waals surface area contributed by atoms with Crippen molar-refractivity contribution in [3.05, 3.63) is 127 Å². The minimum absolute atomic E-state index is 0.00313. The van der Waals surface area contributed by atoms with Gasteiger partial charge in [-0.05, 0) is 112 Å². The Labute approximate surface area is 312 Å². The molecule has 54 heavy (non-hydrogen) atoms. The lowest BCUT2D eigenvalue weighted by molar-refractivity contribution is -0.385. The minimum atomic E-state index is -3.25. The molecule has 0 saturated heterocycles. The first-order valence-corrected chi connectivity index (χ1v) is 17.9. The van der Waals surface area contributed by atoms with Crippen LogP contribution in [0.3, 0.4) is 0 Å². The second kappa shape index (κ2) is 18.9. The Morgan fingerprint density at radius 2 is 1.06 bits per heavy atom. The van der Waals surface area contributed by atoms with Crippen LogP contribution in [0.5, 0.6) is 23.0 Å². The maximum Gasteiger partial charge on any atom is 0.340 e. The monoisotopic (exact) mass is 766 g/mol. The summed E-state index contributed by atoms with van der Waals surface area (Å²) in [5.41, 5.74) is 1.57. The molecule has 0 aliphatic carbocycles. The number of hydrogen-bond acceptors (Lipinski definition) is 11. The molecule has 288 valence electrons. The lowest BCUT2D eigenvalue weighted by Gasteiger charge is -2.21. The van der Waals surface area contributed by atoms with Crippen LogP contribution in [0.25, 0.3) is 0 Å². The second-order valence-corrected chi connectivity index (χ2v) is 14.3. The molecule has 4 aromatic rings. The van der Waals surface area contributed by atoms with Crippen molar-refractivity contribution in [2.24, 2.45) is 0 Å². The highest BCUT2D eigenvalue weighted by molar-refractivity contribution is 7.54. The molecular weight excluding hydrogens is 723 g/mol. The summed E-state index contributed by atoms with van der Waals surface area (Å²) < 4.78 is 29.3. The number of aliphatic hydroxyl groups excluding tert-OH is 1. The molecule has 0 aliphatic heterocycles. The van der Waals surface area contributed by atoms with E-state index in [1.807, 2.05) is 0 Å². The fourth-order valence-electron chi connectivity index (χ4n) is 4.64. The number of carbonyl (C=O) groups excluding carboxylic acids is 2. The van der Waals surface area contributed by atoms with Gasteiger partial charge in [0.05, 0.1) is 22.1 Å². The van der Waals surface area contributed by atoms with E-state index in [4.69, 9.17) is 14.0 Å². The Morgan fingerprint density at radius 3 is 1.39 bits per heavy atom.